The van der Waals surface area contributed by atoms with Crippen LogP contribution in [0.2, 0.25) is 0 Å². The van der Waals surface area contributed by atoms with Crippen LogP contribution in [0.5, 0.6) is 0 Å². The molecular formula is C16H26F2O2. The van der Waals surface area contributed by atoms with Crippen LogP contribution in [-0.4, -0.2) is 18.5 Å². The van der Waals surface area contributed by atoms with Gasteiger partial charge in [-0.2, -0.15) is 0 Å². The standard InChI is InChI=1S/C16H26F2O2/c1-15(2)11-8-9-16(15,3)12(10-11)20-14(19)7-5-4-6-13(17)18/h11-13H,4-10H2,1-3H3. The summed E-state index contributed by atoms with van der Waals surface area (Å²) in [5, 5.41) is 0. The summed E-state index contributed by atoms with van der Waals surface area (Å²) >= 11 is 0. The summed E-state index contributed by atoms with van der Waals surface area (Å²) in [5.74, 6) is 0.429. The van der Waals surface area contributed by atoms with E-state index < -0.39 is 6.43 Å². The summed E-state index contributed by atoms with van der Waals surface area (Å²) in [4.78, 5) is 11.9. The first-order valence-corrected chi connectivity index (χ1v) is 7.75. The highest BCUT2D eigenvalue weighted by Crippen LogP contribution is 2.66. The molecule has 0 radical (unpaired) electrons. The van der Waals surface area contributed by atoms with Crippen molar-refractivity contribution in [3.05, 3.63) is 0 Å². The van der Waals surface area contributed by atoms with Gasteiger partial charge in [0.1, 0.15) is 6.10 Å². The molecule has 0 spiro atoms. The van der Waals surface area contributed by atoms with Gasteiger partial charge in [-0.15, -0.1) is 0 Å². The molecule has 4 heteroatoms. The van der Waals surface area contributed by atoms with E-state index in [0.29, 0.717) is 18.8 Å². The minimum absolute atomic E-state index is 0.0128. The fraction of sp³-hybridized carbons (Fsp3) is 0.938. The van der Waals surface area contributed by atoms with Gasteiger partial charge in [0.05, 0.1) is 0 Å². The molecule has 2 nitrogen and oxygen atoms in total. The van der Waals surface area contributed by atoms with Gasteiger partial charge in [-0.25, -0.2) is 8.78 Å². The van der Waals surface area contributed by atoms with Crippen molar-refractivity contribution in [2.45, 2.75) is 78.2 Å². The number of carbonyl (C=O) groups excluding carboxylic acids is 1. The quantitative estimate of drug-likeness (QED) is 0.528. The van der Waals surface area contributed by atoms with Crippen LogP contribution in [0.15, 0.2) is 0 Å². The summed E-state index contributed by atoms with van der Waals surface area (Å²) in [6.45, 7) is 6.79. The van der Waals surface area contributed by atoms with Crippen molar-refractivity contribution >= 4 is 5.97 Å². The Hall–Kier alpha value is -0.670. The van der Waals surface area contributed by atoms with E-state index in [1.807, 2.05) is 0 Å². The molecule has 3 atom stereocenters. The Bertz CT molecular complexity index is 367. The molecule has 2 fully saturated rings. The van der Waals surface area contributed by atoms with E-state index in [2.05, 4.69) is 20.8 Å². The van der Waals surface area contributed by atoms with E-state index in [4.69, 9.17) is 4.74 Å². The summed E-state index contributed by atoms with van der Waals surface area (Å²) in [6.07, 6.45) is 2.10. The maximum absolute atomic E-state index is 12.0. The largest absolute Gasteiger partial charge is 0.462 e. The Kier molecular flexibility index (Phi) is 4.41. The molecule has 0 aliphatic heterocycles. The number of unbranched alkanes of at least 4 members (excludes halogenated alkanes) is 1. The average Bonchev–Trinajstić information content (AvgIpc) is 2.67. The third-order valence-electron chi connectivity index (χ3n) is 6.04. The first kappa shape index (κ1) is 15.7. The van der Waals surface area contributed by atoms with Crippen LogP contribution in [0, 0.1) is 16.7 Å². The van der Waals surface area contributed by atoms with Gasteiger partial charge in [0.25, 0.3) is 0 Å². The lowest BCUT2D eigenvalue weighted by Crippen LogP contribution is -2.38. The lowest BCUT2D eigenvalue weighted by atomic mass is 9.70. The monoisotopic (exact) mass is 288 g/mol. The molecule has 3 unspecified atom stereocenters. The van der Waals surface area contributed by atoms with Gasteiger partial charge in [-0.1, -0.05) is 20.8 Å². The van der Waals surface area contributed by atoms with Crippen molar-refractivity contribution in [1.82, 2.24) is 0 Å². The summed E-state index contributed by atoms with van der Waals surface area (Å²) in [5.41, 5.74) is 0.309. The van der Waals surface area contributed by atoms with E-state index in [0.717, 1.165) is 12.8 Å². The molecule has 0 amide bonds. The number of carbonyl (C=O) groups is 1. The van der Waals surface area contributed by atoms with Crippen molar-refractivity contribution in [3.63, 3.8) is 0 Å². The van der Waals surface area contributed by atoms with Gasteiger partial charge in [0.2, 0.25) is 6.43 Å². The Labute approximate surface area is 120 Å². The Morgan fingerprint density at radius 1 is 1.30 bits per heavy atom. The van der Waals surface area contributed by atoms with Crippen LogP contribution in [-0.2, 0) is 9.53 Å². The smallest absolute Gasteiger partial charge is 0.306 e. The molecule has 2 aliphatic carbocycles. The second kappa shape index (κ2) is 5.61. The molecule has 20 heavy (non-hydrogen) atoms. The summed E-state index contributed by atoms with van der Waals surface area (Å²) in [7, 11) is 0. The topological polar surface area (TPSA) is 26.3 Å². The van der Waals surface area contributed by atoms with E-state index in [9.17, 15) is 13.6 Å². The van der Waals surface area contributed by atoms with Gasteiger partial charge in [0, 0.05) is 18.3 Å². The first-order chi connectivity index (χ1) is 9.27. The fourth-order valence-electron chi connectivity index (χ4n) is 4.09. The van der Waals surface area contributed by atoms with Crippen molar-refractivity contribution < 1.29 is 18.3 Å². The molecule has 0 saturated heterocycles. The van der Waals surface area contributed by atoms with Crippen molar-refractivity contribution in [1.29, 1.82) is 0 Å². The number of halogens is 2. The van der Waals surface area contributed by atoms with Crippen molar-refractivity contribution in [3.8, 4) is 0 Å². The predicted molar refractivity (Wildman–Crippen MR) is 73.6 cm³/mol. The van der Waals surface area contributed by atoms with Gasteiger partial charge in [-0.3, -0.25) is 4.79 Å². The number of hydrogen-bond donors (Lipinski definition) is 0. The molecule has 0 aromatic heterocycles. The van der Waals surface area contributed by atoms with Gasteiger partial charge >= 0.3 is 5.97 Å². The Balaban J connectivity index is 1.79. The molecule has 116 valence electrons. The van der Waals surface area contributed by atoms with Crippen LogP contribution in [0.1, 0.15) is 65.7 Å². The van der Waals surface area contributed by atoms with E-state index in [1.54, 1.807) is 0 Å². The number of alkyl halides is 2. The summed E-state index contributed by atoms with van der Waals surface area (Å²) < 4.78 is 29.7. The number of hydrogen-bond acceptors (Lipinski definition) is 2. The average molecular weight is 288 g/mol. The van der Waals surface area contributed by atoms with E-state index in [-0.39, 0.29) is 35.7 Å². The first-order valence-electron chi connectivity index (χ1n) is 7.75. The number of ether oxygens (including phenoxy) is 1. The van der Waals surface area contributed by atoms with E-state index in [1.165, 1.54) is 6.42 Å². The second-order valence-corrected chi connectivity index (χ2v) is 7.23. The van der Waals surface area contributed by atoms with Gasteiger partial charge in [0.15, 0.2) is 0 Å². The maximum Gasteiger partial charge on any atom is 0.306 e. The predicted octanol–water partition coefficient (Wildman–Crippen LogP) is 4.57. The second-order valence-electron chi connectivity index (χ2n) is 7.23. The van der Waals surface area contributed by atoms with Crippen LogP contribution in [0.25, 0.3) is 0 Å². The lowest BCUT2D eigenvalue weighted by Gasteiger charge is -2.38. The molecular weight excluding hydrogens is 262 g/mol. The number of rotatable bonds is 6. The van der Waals surface area contributed by atoms with Gasteiger partial charge in [-0.05, 0) is 43.4 Å². The minimum atomic E-state index is -2.27. The molecule has 2 aliphatic rings. The molecule has 2 bridgehead atoms. The zero-order chi connectivity index (χ0) is 15.0. The fourth-order valence-corrected chi connectivity index (χ4v) is 4.09. The molecule has 0 aromatic carbocycles. The normalized spacial score (nSPS) is 34.7. The molecule has 0 heterocycles. The highest BCUT2D eigenvalue weighted by molar-refractivity contribution is 5.69. The SMILES string of the molecule is CC1(C)C2CCC1(C)C(OC(=O)CCCCC(F)F)C2. The Morgan fingerprint density at radius 3 is 2.50 bits per heavy atom. The number of fused-ring (bicyclic) bond motifs is 2. The van der Waals surface area contributed by atoms with Crippen molar-refractivity contribution in [2.75, 3.05) is 0 Å². The zero-order valence-corrected chi connectivity index (χ0v) is 12.8. The molecule has 2 saturated carbocycles. The molecule has 0 aromatic rings. The maximum atomic E-state index is 12.0. The van der Waals surface area contributed by atoms with Crippen LogP contribution in [0.3, 0.4) is 0 Å². The molecule has 0 N–H and O–H groups in total. The molecule has 2 rings (SSSR count). The Morgan fingerprint density at radius 2 is 2.00 bits per heavy atom. The van der Waals surface area contributed by atoms with E-state index >= 15 is 0 Å². The van der Waals surface area contributed by atoms with Crippen LogP contribution < -0.4 is 0 Å². The zero-order valence-electron chi connectivity index (χ0n) is 12.8. The highest BCUT2D eigenvalue weighted by atomic mass is 19.3. The highest BCUT2D eigenvalue weighted by Gasteiger charge is 2.62. The van der Waals surface area contributed by atoms with Crippen LogP contribution >= 0.6 is 0 Å². The summed E-state index contributed by atoms with van der Waals surface area (Å²) in [6, 6.07) is 0. The third-order valence-corrected chi connectivity index (χ3v) is 6.04. The number of esters is 1. The lowest BCUT2D eigenvalue weighted by molar-refractivity contribution is -0.157. The van der Waals surface area contributed by atoms with Gasteiger partial charge < -0.3 is 4.74 Å². The van der Waals surface area contributed by atoms with Crippen molar-refractivity contribution in [2.24, 2.45) is 16.7 Å². The minimum Gasteiger partial charge on any atom is -0.462 e. The third kappa shape index (κ3) is 2.71. The van der Waals surface area contributed by atoms with Crippen LogP contribution in [0.4, 0.5) is 8.78 Å².